The van der Waals surface area contributed by atoms with Gasteiger partial charge in [0.15, 0.2) is 0 Å². The Morgan fingerprint density at radius 3 is 2.67 bits per heavy atom. The quantitative estimate of drug-likeness (QED) is 0.836. The predicted molar refractivity (Wildman–Crippen MR) is 104 cm³/mol. The molecule has 2 unspecified atom stereocenters. The number of amides is 2. The van der Waals surface area contributed by atoms with E-state index in [0.29, 0.717) is 23.5 Å². The molecule has 144 valence electrons. The molecule has 2 amide bonds. The summed E-state index contributed by atoms with van der Waals surface area (Å²) >= 11 is 0. The Balaban J connectivity index is 1.36. The normalized spacial score (nSPS) is 25.0. The topological polar surface area (TPSA) is 66.7 Å². The summed E-state index contributed by atoms with van der Waals surface area (Å²) in [6.07, 6.45) is 7.34. The predicted octanol–water partition coefficient (Wildman–Crippen LogP) is 4.00. The summed E-state index contributed by atoms with van der Waals surface area (Å²) in [5.41, 5.74) is 0.688. The highest BCUT2D eigenvalue weighted by molar-refractivity contribution is 5.91. The van der Waals surface area contributed by atoms with Crippen LogP contribution >= 0.6 is 0 Å². The third-order valence-corrected chi connectivity index (χ3v) is 5.73. The zero-order valence-corrected chi connectivity index (χ0v) is 15.7. The minimum absolute atomic E-state index is 0.165. The Bertz CT molecular complexity index is 748. The number of nitrogens with zero attached hydrogens (tertiary/aromatic N) is 1. The first-order valence-electron chi connectivity index (χ1n) is 9.71. The summed E-state index contributed by atoms with van der Waals surface area (Å²) < 4.78 is 10.9. The molecule has 6 nitrogen and oxygen atoms in total. The van der Waals surface area contributed by atoms with Crippen LogP contribution in [0.4, 0.5) is 10.5 Å². The lowest BCUT2D eigenvalue weighted by Crippen LogP contribution is -2.56. The van der Waals surface area contributed by atoms with E-state index in [2.05, 4.69) is 15.5 Å². The Morgan fingerprint density at radius 2 is 1.96 bits per heavy atom. The average molecular weight is 369 g/mol. The number of rotatable bonds is 5. The molecule has 2 atom stereocenters. The highest BCUT2D eigenvalue weighted by atomic mass is 16.5. The van der Waals surface area contributed by atoms with E-state index < -0.39 is 0 Å². The molecule has 2 aliphatic rings. The lowest BCUT2D eigenvalue weighted by Gasteiger charge is -2.48. The molecule has 4 rings (SSSR count). The number of urea groups is 1. The van der Waals surface area contributed by atoms with Gasteiger partial charge in [-0.1, -0.05) is 18.6 Å². The fourth-order valence-electron chi connectivity index (χ4n) is 4.53. The van der Waals surface area contributed by atoms with Crippen LogP contribution in [0.2, 0.25) is 0 Å². The molecule has 3 heterocycles. The highest BCUT2D eigenvalue weighted by Gasteiger charge is 2.38. The number of fused-ring (bicyclic) bond motifs is 2. The molecule has 2 fully saturated rings. The van der Waals surface area contributed by atoms with Crippen LogP contribution in [0.25, 0.3) is 0 Å². The van der Waals surface area contributed by atoms with Crippen LogP contribution in [0.1, 0.15) is 37.9 Å². The van der Waals surface area contributed by atoms with E-state index in [1.54, 1.807) is 13.4 Å². The third-order valence-electron chi connectivity index (χ3n) is 5.73. The Labute approximate surface area is 159 Å². The molecular weight excluding hydrogens is 342 g/mol. The molecule has 2 aliphatic heterocycles. The molecule has 6 heteroatoms. The van der Waals surface area contributed by atoms with Crippen LogP contribution in [0, 0.1) is 0 Å². The van der Waals surface area contributed by atoms with Crippen molar-refractivity contribution in [3.05, 3.63) is 48.4 Å². The first kappa shape index (κ1) is 17.9. The van der Waals surface area contributed by atoms with Crippen LogP contribution < -0.4 is 15.4 Å². The number of carbonyl (C=O) groups excluding carboxylic acids is 1. The van der Waals surface area contributed by atoms with Gasteiger partial charge in [-0.3, -0.25) is 4.90 Å². The van der Waals surface area contributed by atoms with Gasteiger partial charge >= 0.3 is 6.03 Å². The van der Waals surface area contributed by atoms with E-state index in [1.807, 2.05) is 36.4 Å². The number of nitrogens with one attached hydrogen (secondary N) is 2. The molecular formula is C21H27N3O3. The molecule has 1 aromatic heterocycles. The summed E-state index contributed by atoms with van der Waals surface area (Å²) in [7, 11) is 1.61. The Hall–Kier alpha value is -2.47. The first-order chi connectivity index (χ1) is 13.2. The molecule has 27 heavy (non-hydrogen) atoms. The molecule has 0 spiro atoms. The number of furan rings is 1. The lowest BCUT2D eigenvalue weighted by molar-refractivity contribution is 0.0150. The fourth-order valence-corrected chi connectivity index (χ4v) is 4.53. The molecule has 2 saturated heterocycles. The summed E-state index contributed by atoms with van der Waals surface area (Å²) in [6, 6.07) is 12.5. The van der Waals surface area contributed by atoms with Gasteiger partial charge < -0.3 is 19.8 Å². The number of piperidine rings is 2. The largest absolute Gasteiger partial charge is 0.495 e. The van der Waals surface area contributed by atoms with Crippen molar-refractivity contribution in [2.45, 2.75) is 56.8 Å². The number of methoxy groups -OCH3 is 1. The standard InChI is InChI=1S/C21H27N3O3/c1-26-20-10-3-2-9-19(20)23-21(25)22-15-12-16-6-4-7-17(13-15)24(16)14-18-8-5-11-27-18/h2-3,5,8-11,15-17H,4,6-7,12-14H2,1H3,(H2,22,23,25). The van der Waals surface area contributed by atoms with E-state index in [4.69, 9.17) is 9.15 Å². The number of benzene rings is 1. The Morgan fingerprint density at radius 1 is 1.19 bits per heavy atom. The summed E-state index contributed by atoms with van der Waals surface area (Å²) in [5.74, 6) is 1.69. The highest BCUT2D eigenvalue weighted by Crippen LogP contribution is 2.35. The second-order valence-corrected chi connectivity index (χ2v) is 7.46. The maximum Gasteiger partial charge on any atom is 0.319 e. The van der Waals surface area contributed by atoms with Gasteiger partial charge in [0.1, 0.15) is 11.5 Å². The van der Waals surface area contributed by atoms with Gasteiger partial charge in [0, 0.05) is 18.1 Å². The van der Waals surface area contributed by atoms with Crippen molar-refractivity contribution in [2.24, 2.45) is 0 Å². The summed E-state index contributed by atoms with van der Waals surface area (Å²) in [6.45, 7) is 0.864. The number of para-hydroxylation sites is 2. The number of anilines is 1. The van der Waals surface area contributed by atoms with Crippen molar-refractivity contribution in [1.29, 1.82) is 0 Å². The zero-order valence-electron chi connectivity index (χ0n) is 15.7. The zero-order chi connectivity index (χ0) is 18.6. The van der Waals surface area contributed by atoms with E-state index in [1.165, 1.54) is 19.3 Å². The van der Waals surface area contributed by atoms with Crippen LogP contribution in [0.5, 0.6) is 5.75 Å². The maximum atomic E-state index is 12.5. The number of carbonyl (C=O) groups is 1. The van der Waals surface area contributed by atoms with E-state index in [9.17, 15) is 4.79 Å². The van der Waals surface area contributed by atoms with Gasteiger partial charge in [-0.15, -0.1) is 0 Å². The summed E-state index contributed by atoms with van der Waals surface area (Å²) in [4.78, 5) is 15.1. The SMILES string of the molecule is COc1ccccc1NC(=O)NC1CC2CCCC(C1)N2Cc1ccco1. The van der Waals surface area contributed by atoms with Gasteiger partial charge in [-0.2, -0.15) is 0 Å². The third kappa shape index (κ3) is 4.11. The molecule has 0 saturated carbocycles. The van der Waals surface area contributed by atoms with Crippen LogP contribution in [0.3, 0.4) is 0 Å². The molecule has 1 aromatic carbocycles. The average Bonchev–Trinajstić information content (AvgIpc) is 3.16. The molecule has 2 N–H and O–H groups in total. The number of ether oxygens (including phenoxy) is 1. The van der Waals surface area contributed by atoms with Gasteiger partial charge in [0.05, 0.1) is 25.6 Å². The molecule has 0 aliphatic carbocycles. The fraction of sp³-hybridized carbons (Fsp3) is 0.476. The Kier molecular flexibility index (Phi) is 5.34. The van der Waals surface area contributed by atoms with E-state index in [0.717, 1.165) is 25.1 Å². The van der Waals surface area contributed by atoms with E-state index in [-0.39, 0.29) is 12.1 Å². The van der Waals surface area contributed by atoms with Gasteiger partial charge in [0.25, 0.3) is 0 Å². The second kappa shape index (κ2) is 8.05. The second-order valence-electron chi connectivity index (χ2n) is 7.46. The van der Waals surface area contributed by atoms with Crippen molar-refractivity contribution in [3.63, 3.8) is 0 Å². The van der Waals surface area contributed by atoms with Crippen LogP contribution in [0.15, 0.2) is 47.1 Å². The smallest absolute Gasteiger partial charge is 0.319 e. The number of hydrogen-bond acceptors (Lipinski definition) is 4. The minimum atomic E-state index is -0.165. The van der Waals surface area contributed by atoms with Crippen LogP contribution in [-0.4, -0.2) is 36.2 Å². The van der Waals surface area contributed by atoms with Crippen molar-refractivity contribution in [3.8, 4) is 5.75 Å². The maximum absolute atomic E-state index is 12.5. The lowest BCUT2D eigenvalue weighted by atomic mass is 9.81. The van der Waals surface area contributed by atoms with Crippen molar-refractivity contribution < 1.29 is 13.9 Å². The molecule has 2 aromatic rings. The van der Waals surface area contributed by atoms with Gasteiger partial charge in [0.2, 0.25) is 0 Å². The van der Waals surface area contributed by atoms with Gasteiger partial charge in [-0.05, 0) is 49.9 Å². The van der Waals surface area contributed by atoms with Gasteiger partial charge in [-0.25, -0.2) is 4.79 Å². The van der Waals surface area contributed by atoms with E-state index >= 15 is 0 Å². The molecule has 2 bridgehead atoms. The minimum Gasteiger partial charge on any atom is -0.495 e. The number of hydrogen-bond donors (Lipinski definition) is 2. The van der Waals surface area contributed by atoms with Crippen molar-refractivity contribution in [1.82, 2.24) is 10.2 Å². The van der Waals surface area contributed by atoms with Crippen molar-refractivity contribution in [2.75, 3.05) is 12.4 Å². The monoisotopic (exact) mass is 369 g/mol. The molecule has 0 radical (unpaired) electrons. The van der Waals surface area contributed by atoms with Crippen LogP contribution in [-0.2, 0) is 6.54 Å². The van der Waals surface area contributed by atoms with Crippen molar-refractivity contribution >= 4 is 11.7 Å². The first-order valence-corrected chi connectivity index (χ1v) is 9.71. The summed E-state index contributed by atoms with van der Waals surface area (Å²) in [5, 5.41) is 6.09.